The average molecular weight is 554 g/mol. The molecule has 0 spiro atoms. The summed E-state index contributed by atoms with van der Waals surface area (Å²) in [4.78, 5) is 36.6. The number of fused-ring (bicyclic) bond motifs is 1. The maximum absolute atomic E-state index is 13.2. The smallest absolute Gasteiger partial charge is 0.341 e. The van der Waals surface area contributed by atoms with E-state index < -0.39 is 11.4 Å². The molecule has 1 aliphatic carbocycles. The maximum atomic E-state index is 13.2. The van der Waals surface area contributed by atoms with E-state index in [1.165, 1.54) is 0 Å². The van der Waals surface area contributed by atoms with E-state index in [9.17, 15) is 14.7 Å². The van der Waals surface area contributed by atoms with E-state index in [1.54, 1.807) is 38.6 Å². The molecule has 1 saturated carbocycles. The molecule has 0 atom stereocenters. The normalized spacial score (nSPS) is 13.4. The monoisotopic (exact) mass is 553 g/mol. The number of nitrogen functional groups attached to an aromatic ring is 2. The zero-order valence-electron chi connectivity index (χ0n) is 22.9. The molecule has 10 heteroatoms. The molecule has 0 aliphatic heterocycles. The molecule has 1 aliphatic rings. The highest BCUT2D eigenvalue weighted by Gasteiger charge is 2.26. The van der Waals surface area contributed by atoms with Gasteiger partial charge >= 0.3 is 5.97 Å². The summed E-state index contributed by atoms with van der Waals surface area (Å²) >= 11 is 0. The lowest BCUT2D eigenvalue weighted by molar-refractivity contribution is 0.0693. The van der Waals surface area contributed by atoms with Gasteiger partial charge in [0.25, 0.3) is 0 Å². The van der Waals surface area contributed by atoms with Crippen molar-refractivity contribution in [2.75, 3.05) is 25.7 Å². The van der Waals surface area contributed by atoms with Crippen molar-refractivity contribution in [2.24, 2.45) is 0 Å². The average Bonchev–Trinajstić information content (AvgIpc) is 2.97. The number of H-pyrrole nitrogens is 1. The van der Waals surface area contributed by atoms with Crippen molar-refractivity contribution >= 4 is 28.6 Å². The van der Waals surface area contributed by atoms with Gasteiger partial charge in [-0.25, -0.2) is 9.78 Å². The van der Waals surface area contributed by atoms with Gasteiger partial charge in [0, 0.05) is 40.7 Å². The van der Waals surface area contributed by atoms with Crippen LogP contribution in [0.5, 0.6) is 11.5 Å². The summed E-state index contributed by atoms with van der Waals surface area (Å²) < 4.78 is 11.2. The molecule has 10 nitrogen and oxygen atoms in total. The van der Waals surface area contributed by atoms with Crippen molar-refractivity contribution in [3.8, 4) is 23.3 Å². The molecular formula is C31H31N5O5. The number of carboxylic acid groups (broad SMARTS) is 1. The first kappa shape index (κ1) is 27.5. The summed E-state index contributed by atoms with van der Waals surface area (Å²) in [7, 11) is 3.09. The van der Waals surface area contributed by atoms with Crippen molar-refractivity contribution in [2.45, 2.75) is 44.4 Å². The van der Waals surface area contributed by atoms with Gasteiger partial charge in [0.05, 0.1) is 25.3 Å². The first-order valence-corrected chi connectivity index (χ1v) is 13.4. The molecule has 0 radical (unpaired) electrons. The van der Waals surface area contributed by atoms with Crippen LogP contribution in [-0.2, 0) is 6.42 Å². The van der Waals surface area contributed by atoms with Gasteiger partial charge in [0.2, 0.25) is 11.4 Å². The van der Waals surface area contributed by atoms with Gasteiger partial charge in [-0.2, -0.15) is 4.98 Å². The van der Waals surface area contributed by atoms with Crippen LogP contribution in [-0.4, -0.2) is 40.2 Å². The highest BCUT2D eigenvalue weighted by Crippen LogP contribution is 2.35. The minimum atomic E-state index is -1.20. The van der Waals surface area contributed by atoms with Crippen molar-refractivity contribution in [3.05, 3.63) is 80.3 Å². The summed E-state index contributed by atoms with van der Waals surface area (Å²) in [5, 5.41) is 10.2. The van der Waals surface area contributed by atoms with E-state index in [2.05, 4.69) is 26.8 Å². The summed E-state index contributed by atoms with van der Waals surface area (Å²) in [6.45, 7) is 0. The van der Waals surface area contributed by atoms with Crippen LogP contribution in [0, 0.1) is 11.8 Å². The lowest BCUT2D eigenvalue weighted by Gasteiger charge is -2.23. The van der Waals surface area contributed by atoms with E-state index in [1.807, 2.05) is 12.1 Å². The second kappa shape index (κ2) is 11.6. The number of anilines is 2. The summed E-state index contributed by atoms with van der Waals surface area (Å²) in [6.07, 6.45) is 6.87. The molecule has 2 heterocycles. The van der Waals surface area contributed by atoms with Gasteiger partial charge in [-0.05, 0) is 48.7 Å². The molecule has 0 amide bonds. The molecule has 2 aromatic heterocycles. The summed E-state index contributed by atoms with van der Waals surface area (Å²) in [5.74, 6) is 6.52. The van der Waals surface area contributed by atoms with Gasteiger partial charge in [0.15, 0.2) is 11.5 Å². The number of methoxy groups -OCH3 is 2. The molecule has 2 aromatic carbocycles. The van der Waals surface area contributed by atoms with Crippen molar-refractivity contribution < 1.29 is 19.4 Å². The Labute approximate surface area is 236 Å². The van der Waals surface area contributed by atoms with Crippen LogP contribution in [0.15, 0.2) is 41.3 Å². The van der Waals surface area contributed by atoms with E-state index in [-0.39, 0.29) is 17.4 Å². The lowest BCUT2D eigenvalue weighted by atomic mass is 9.84. The van der Waals surface area contributed by atoms with Crippen molar-refractivity contribution in [3.63, 3.8) is 0 Å². The molecule has 0 bridgehead atoms. The molecule has 41 heavy (non-hydrogen) atoms. The van der Waals surface area contributed by atoms with Crippen molar-refractivity contribution in [1.29, 1.82) is 0 Å². The first-order chi connectivity index (χ1) is 19.8. The third kappa shape index (κ3) is 5.65. The summed E-state index contributed by atoms with van der Waals surface area (Å²) in [6, 6.07) is 8.83. The van der Waals surface area contributed by atoms with Crippen LogP contribution in [0.1, 0.15) is 76.3 Å². The molecule has 0 saturated heterocycles. The number of aromatic carboxylic acids is 1. The van der Waals surface area contributed by atoms with Crippen LogP contribution in [0.3, 0.4) is 0 Å². The van der Waals surface area contributed by atoms with Crippen LogP contribution in [0.25, 0.3) is 10.9 Å². The molecular weight excluding hydrogens is 522 g/mol. The Morgan fingerprint density at radius 2 is 1.88 bits per heavy atom. The van der Waals surface area contributed by atoms with E-state index in [4.69, 9.17) is 20.9 Å². The highest BCUT2D eigenvalue weighted by molar-refractivity contribution is 5.94. The standard InChI is InChI=1S/C31H31N5O5/c1-40-24-15-18(13-21-16-34-31(33)36-29(21)32)12-20(28(24)41-2)10-8-17-9-11-22-23(14-17)35-26(19-6-4-3-5-7-19)25(27(22)37)30(38)39/h9,11-12,14-16,19H,3-7,13H2,1-2H3,(H,35,37)(H,38,39)(H4,32,33,34,36). The van der Waals surface area contributed by atoms with Gasteiger partial charge in [-0.3, -0.25) is 4.79 Å². The molecule has 6 N–H and O–H groups in total. The van der Waals surface area contributed by atoms with Gasteiger partial charge in [0.1, 0.15) is 11.4 Å². The molecule has 0 unspecified atom stereocenters. The molecule has 5 rings (SSSR count). The topological polar surface area (TPSA) is 166 Å². The number of rotatable bonds is 6. The molecule has 210 valence electrons. The Morgan fingerprint density at radius 1 is 1.10 bits per heavy atom. The number of hydrogen-bond donors (Lipinski definition) is 4. The fraction of sp³-hybridized carbons (Fsp3) is 0.290. The predicted molar refractivity (Wildman–Crippen MR) is 157 cm³/mol. The third-order valence-electron chi connectivity index (χ3n) is 7.45. The Morgan fingerprint density at radius 3 is 2.56 bits per heavy atom. The fourth-order valence-electron chi connectivity index (χ4n) is 5.44. The third-order valence-corrected chi connectivity index (χ3v) is 7.45. The number of pyridine rings is 1. The number of hydrogen-bond acceptors (Lipinski definition) is 8. The zero-order chi connectivity index (χ0) is 29.1. The number of aromatic nitrogens is 3. The minimum Gasteiger partial charge on any atom is -0.493 e. The number of aromatic amines is 1. The predicted octanol–water partition coefficient (Wildman–Crippen LogP) is 4.24. The number of carbonyl (C=O) groups is 1. The molecule has 4 aromatic rings. The van der Waals surface area contributed by atoms with Crippen LogP contribution in [0.2, 0.25) is 0 Å². The van der Waals surface area contributed by atoms with Gasteiger partial charge in [-0.1, -0.05) is 31.1 Å². The second-order valence-corrected chi connectivity index (χ2v) is 10.1. The van der Waals surface area contributed by atoms with Crippen molar-refractivity contribution in [1.82, 2.24) is 15.0 Å². The Kier molecular flexibility index (Phi) is 7.79. The first-order valence-electron chi connectivity index (χ1n) is 13.4. The van der Waals surface area contributed by atoms with E-state index >= 15 is 0 Å². The number of carboxylic acids is 1. The zero-order valence-corrected chi connectivity index (χ0v) is 22.9. The van der Waals surface area contributed by atoms with E-state index in [0.717, 1.165) is 37.7 Å². The van der Waals surface area contributed by atoms with Gasteiger partial charge in [-0.15, -0.1) is 0 Å². The number of nitrogens with two attached hydrogens (primary N) is 2. The number of nitrogens with one attached hydrogen (secondary N) is 1. The van der Waals surface area contributed by atoms with Crippen LogP contribution < -0.4 is 26.4 Å². The van der Waals surface area contributed by atoms with Crippen LogP contribution in [0.4, 0.5) is 11.8 Å². The quantitative estimate of drug-likeness (QED) is 0.255. The second-order valence-electron chi connectivity index (χ2n) is 10.1. The minimum absolute atomic E-state index is 0.0154. The number of ether oxygens (including phenoxy) is 2. The lowest BCUT2D eigenvalue weighted by Crippen LogP contribution is -2.22. The van der Waals surface area contributed by atoms with E-state index in [0.29, 0.717) is 57.0 Å². The van der Waals surface area contributed by atoms with Gasteiger partial charge < -0.3 is 31.0 Å². The number of nitrogens with zero attached hydrogens (tertiary/aromatic N) is 2. The van der Waals surface area contributed by atoms with Crippen LogP contribution >= 0.6 is 0 Å². The maximum Gasteiger partial charge on any atom is 0.341 e. The SMILES string of the molecule is COc1cc(Cc2cnc(N)nc2N)cc(C#Cc2ccc3c(=O)c(C(=O)O)c(C4CCCCC4)[nH]c3c2)c1OC. The highest BCUT2D eigenvalue weighted by atomic mass is 16.5. The summed E-state index contributed by atoms with van der Waals surface area (Å²) in [5.41, 5.74) is 14.9. The Hall–Kier alpha value is -5.04. The Bertz CT molecular complexity index is 1760. The number of benzene rings is 2. The fourth-order valence-corrected chi connectivity index (χ4v) is 5.44. The largest absolute Gasteiger partial charge is 0.493 e. The molecule has 1 fully saturated rings. The Balaban J connectivity index is 1.56.